The van der Waals surface area contributed by atoms with Crippen molar-refractivity contribution in [3.63, 3.8) is 0 Å². The molecule has 0 radical (unpaired) electrons. The van der Waals surface area contributed by atoms with Crippen LogP contribution in [0.5, 0.6) is 0 Å². The summed E-state index contributed by atoms with van der Waals surface area (Å²) in [6.45, 7) is 1.53. The fraction of sp³-hybridized carbons (Fsp3) is 0.118. The Morgan fingerprint density at radius 3 is 2.22 bits per heavy atom. The molecule has 3 aromatic rings. The zero-order valence-corrected chi connectivity index (χ0v) is 13.9. The number of benzene rings is 1. The predicted octanol–water partition coefficient (Wildman–Crippen LogP) is 2.87. The first kappa shape index (κ1) is 18.2. The Morgan fingerprint density at radius 1 is 1.04 bits per heavy atom. The van der Waals surface area contributed by atoms with E-state index >= 15 is 0 Å². The molecule has 7 nitrogen and oxygen atoms in total. The molecule has 0 aliphatic carbocycles. The smallest absolute Gasteiger partial charge is 0.434 e. The van der Waals surface area contributed by atoms with Gasteiger partial charge in [-0.25, -0.2) is 4.68 Å². The van der Waals surface area contributed by atoms with E-state index < -0.39 is 29.2 Å². The summed E-state index contributed by atoms with van der Waals surface area (Å²) in [5.41, 5.74) is 2.32. The Hall–Kier alpha value is -3.56. The molecule has 0 aliphatic heterocycles. The van der Waals surface area contributed by atoms with E-state index in [0.29, 0.717) is 10.4 Å². The number of para-hydroxylation sites is 1. The van der Waals surface area contributed by atoms with Gasteiger partial charge in [0, 0.05) is 0 Å². The molecule has 3 rings (SSSR count). The van der Waals surface area contributed by atoms with E-state index in [1.54, 1.807) is 18.2 Å². The summed E-state index contributed by atoms with van der Waals surface area (Å²) in [5.74, 6) is -1.58. The lowest BCUT2D eigenvalue weighted by atomic mass is 10.2. The number of rotatable bonds is 3. The molecule has 0 bridgehead atoms. The second kappa shape index (κ2) is 6.98. The van der Waals surface area contributed by atoms with Crippen LogP contribution < -0.4 is 10.9 Å². The molecule has 0 saturated heterocycles. The summed E-state index contributed by atoms with van der Waals surface area (Å²) in [7, 11) is 0. The van der Waals surface area contributed by atoms with Gasteiger partial charge >= 0.3 is 6.18 Å². The van der Waals surface area contributed by atoms with E-state index in [0.717, 1.165) is 6.20 Å². The van der Waals surface area contributed by atoms with Crippen LogP contribution in [0.15, 0.2) is 53.3 Å². The average molecular weight is 378 g/mol. The lowest BCUT2D eigenvalue weighted by Crippen LogP contribution is -2.42. The van der Waals surface area contributed by atoms with Crippen LogP contribution in [0, 0.1) is 6.92 Å². The van der Waals surface area contributed by atoms with Crippen molar-refractivity contribution >= 4 is 11.8 Å². The van der Waals surface area contributed by atoms with Crippen molar-refractivity contribution in [2.45, 2.75) is 13.1 Å². The fourth-order valence-corrected chi connectivity index (χ4v) is 2.42. The summed E-state index contributed by atoms with van der Waals surface area (Å²) in [6.07, 6.45) is -2.78. The standard InChI is InChI=1S/C17H13F3N4O3/c1-10-12(7-8-27-10)15(25)22-23-16(26)13-9-21-24(14(13)17(18,19)20)11-5-3-2-4-6-11/h2-9H,1H3,(H,22,25)(H,23,26). The quantitative estimate of drug-likeness (QED) is 0.686. The maximum atomic E-state index is 13.5. The van der Waals surface area contributed by atoms with Gasteiger partial charge in [-0.2, -0.15) is 18.3 Å². The molecule has 1 aromatic carbocycles. The van der Waals surface area contributed by atoms with Crippen molar-refractivity contribution in [2.24, 2.45) is 0 Å². The van der Waals surface area contributed by atoms with E-state index in [1.165, 1.54) is 31.4 Å². The van der Waals surface area contributed by atoms with Crippen LogP contribution in [0.1, 0.15) is 32.2 Å². The van der Waals surface area contributed by atoms with Crippen LogP contribution in [-0.4, -0.2) is 21.6 Å². The molecule has 2 heterocycles. The van der Waals surface area contributed by atoms with Gasteiger partial charge in [0.05, 0.1) is 29.3 Å². The van der Waals surface area contributed by atoms with Crippen molar-refractivity contribution in [3.8, 4) is 5.69 Å². The number of hydrogen-bond acceptors (Lipinski definition) is 4. The van der Waals surface area contributed by atoms with E-state index in [9.17, 15) is 22.8 Å². The number of carbonyl (C=O) groups is 2. The van der Waals surface area contributed by atoms with Crippen molar-refractivity contribution in [3.05, 3.63) is 71.4 Å². The van der Waals surface area contributed by atoms with Gasteiger partial charge in [-0.3, -0.25) is 20.4 Å². The third-order valence-electron chi connectivity index (χ3n) is 3.68. The lowest BCUT2D eigenvalue weighted by molar-refractivity contribution is -0.143. The first-order valence-corrected chi connectivity index (χ1v) is 7.64. The third-order valence-corrected chi connectivity index (χ3v) is 3.68. The molecule has 0 atom stereocenters. The van der Waals surface area contributed by atoms with Gasteiger partial charge in [-0.15, -0.1) is 0 Å². The van der Waals surface area contributed by atoms with E-state index in [4.69, 9.17) is 4.42 Å². The summed E-state index contributed by atoms with van der Waals surface area (Å²) in [5, 5.41) is 3.67. The minimum atomic E-state index is -4.84. The van der Waals surface area contributed by atoms with Crippen molar-refractivity contribution in [1.82, 2.24) is 20.6 Å². The van der Waals surface area contributed by atoms with Gasteiger partial charge in [0.1, 0.15) is 5.76 Å². The maximum Gasteiger partial charge on any atom is 0.434 e. The molecule has 27 heavy (non-hydrogen) atoms. The molecule has 2 N–H and O–H groups in total. The van der Waals surface area contributed by atoms with Crippen LogP contribution in [0.4, 0.5) is 13.2 Å². The largest absolute Gasteiger partial charge is 0.469 e. The average Bonchev–Trinajstić information content (AvgIpc) is 3.26. The van der Waals surface area contributed by atoms with Gasteiger partial charge in [0.2, 0.25) is 0 Å². The maximum absolute atomic E-state index is 13.5. The molecule has 0 saturated carbocycles. The highest BCUT2D eigenvalue weighted by molar-refractivity contribution is 6.00. The minimum absolute atomic E-state index is 0.141. The number of halogens is 3. The molecule has 10 heteroatoms. The number of aromatic nitrogens is 2. The van der Waals surface area contributed by atoms with Crippen LogP contribution in [0.3, 0.4) is 0 Å². The van der Waals surface area contributed by atoms with E-state index in [1.807, 2.05) is 10.9 Å². The SMILES string of the molecule is Cc1occc1C(=O)NNC(=O)c1cnn(-c2ccccc2)c1C(F)(F)F. The van der Waals surface area contributed by atoms with Crippen LogP contribution in [0.2, 0.25) is 0 Å². The highest BCUT2D eigenvalue weighted by Gasteiger charge is 2.40. The number of furan rings is 1. The first-order valence-electron chi connectivity index (χ1n) is 7.64. The number of nitrogens with one attached hydrogen (secondary N) is 2. The van der Waals surface area contributed by atoms with Crippen LogP contribution in [-0.2, 0) is 6.18 Å². The normalized spacial score (nSPS) is 11.3. The van der Waals surface area contributed by atoms with Gasteiger partial charge in [-0.05, 0) is 25.1 Å². The summed E-state index contributed by atoms with van der Waals surface area (Å²) in [6, 6.07) is 8.95. The number of hydrogen-bond donors (Lipinski definition) is 2. The molecule has 2 amide bonds. The Bertz CT molecular complexity index is 977. The topological polar surface area (TPSA) is 89.2 Å². The second-order valence-corrected chi connectivity index (χ2v) is 5.45. The molecular formula is C17H13F3N4O3. The number of alkyl halides is 3. The highest BCUT2D eigenvalue weighted by Crippen LogP contribution is 2.33. The monoisotopic (exact) mass is 378 g/mol. The lowest BCUT2D eigenvalue weighted by Gasteiger charge is -2.13. The van der Waals surface area contributed by atoms with Crippen molar-refractivity contribution < 1.29 is 27.2 Å². The van der Waals surface area contributed by atoms with Crippen molar-refractivity contribution in [1.29, 1.82) is 0 Å². The molecular weight excluding hydrogens is 365 g/mol. The molecule has 0 fully saturated rings. The fourth-order valence-electron chi connectivity index (χ4n) is 2.42. The molecule has 2 aromatic heterocycles. The van der Waals surface area contributed by atoms with Crippen molar-refractivity contribution in [2.75, 3.05) is 0 Å². The first-order chi connectivity index (χ1) is 12.8. The van der Waals surface area contributed by atoms with Gasteiger partial charge in [0.15, 0.2) is 5.69 Å². The van der Waals surface area contributed by atoms with Gasteiger partial charge < -0.3 is 4.42 Å². The second-order valence-electron chi connectivity index (χ2n) is 5.45. The highest BCUT2D eigenvalue weighted by atomic mass is 19.4. The Balaban J connectivity index is 1.86. The number of hydrazine groups is 1. The number of amides is 2. The van der Waals surface area contributed by atoms with Crippen LogP contribution in [0.25, 0.3) is 5.69 Å². The third kappa shape index (κ3) is 3.68. The Morgan fingerprint density at radius 2 is 1.67 bits per heavy atom. The molecule has 0 spiro atoms. The minimum Gasteiger partial charge on any atom is -0.469 e. The Kier molecular flexibility index (Phi) is 4.72. The van der Waals surface area contributed by atoms with Crippen LogP contribution >= 0.6 is 0 Å². The molecule has 140 valence electrons. The number of aryl methyl sites for hydroxylation is 1. The molecule has 0 unspecified atom stereocenters. The number of nitrogens with zero attached hydrogens (tertiary/aromatic N) is 2. The van der Waals surface area contributed by atoms with E-state index in [-0.39, 0.29) is 11.3 Å². The summed E-state index contributed by atoms with van der Waals surface area (Å²) >= 11 is 0. The zero-order chi connectivity index (χ0) is 19.6. The zero-order valence-electron chi connectivity index (χ0n) is 13.9. The summed E-state index contributed by atoms with van der Waals surface area (Å²) in [4.78, 5) is 24.2. The van der Waals surface area contributed by atoms with Gasteiger partial charge in [-0.1, -0.05) is 18.2 Å². The Labute approximate surface area is 150 Å². The predicted molar refractivity (Wildman–Crippen MR) is 86.9 cm³/mol. The molecule has 0 aliphatic rings. The summed E-state index contributed by atoms with van der Waals surface area (Å²) < 4.78 is 46.1. The number of carbonyl (C=O) groups excluding carboxylic acids is 2. The van der Waals surface area contributed by atoms with Gasteiger partial charge in [0.25, 0.3) is 11.8 Å². The van der Waals surface area contributed by atoms with E-state index in [2.05, 4.69) is 5.10 Å².